The van der Waals surface area contributed by atoms with Gasteiger partial charge in [0.25, 0.3) is 0 Å². The molecule has 4 nitrogen and oxygen atoms in total. The van der Waals surface area contributed by atoms with E-state index < -0.39 is 18.2 Å². The van der Waals surface area contributed by atoms with Crippen LogP contribution in [0.4, 0.5) is 4.39 Å². The van der Waals surface area contributed by atoms with Gasteiger partial charge in [-0.1, -0.05) is 6.07 Å². The largest absolute Gasteiger partial charge is 0.497 e. The second kappa shape index (κ2) is 6.35. The van der Waals surface area contributed by atoms with E-state index in [1.807, 2.05) is 0 Å². The first-order chi connectivity index (χ1) is 8.51. The van der Waals surface area contributed by atoms with Crippen LogP contribution in [0.25, 0.3) is 0 Å². The summed E-state index contributed by atoms with van der Waals surface area (Å²) in [6, 6.07) is 4.05. The molecule has 0 fully saturated rings. The highest BCUT2D eigenvalue weighted by atomic mass is 19.1. The van der Waals surface area contributed by atoms with Gasteiger partial charge in [-0.3, -0.25) is 0 Å². The number of aryl methyl sites for hydroxylation is 1. The topological polar surface area (TPSA) is 61.5 Å². The molecule has 1 aromatic rings. The Morgan fingerprint density at radius 3 is 2.67 bits per heavy atom. The molecule has 1 unspecified atom stereocenters. The predicted molar refractivity (Wildman–Crippen MR) is 66.2 cm³/mol. The molecule has 2 atom stereocenters. The van der Waals surface area contributed by atoms with Crippen LogP contribution >= 0.6 is 0 Å². The minimum Gasteiger partial charge on any atom is -0.497 e. The van der Waals surface area contributed by atoms with Gasteiger partial charge in [-0.2, -0.15) is 0 Å². The molecule has 1 rings (SSSR count). The van der Waals surface area contributed by atoms with Gasteiger partial charge < -0.3 is 15.2 Å². The highest BCUT2D eigenvalue weighted by Crippen LogP contribution is 2.25. The first-order valence-corrected chi connectivity index (χ1v) is 5.72. The van der Waals surface area contributed by atoms with E-state index in [0.717, 1.165) is 5.56 Å². The second-order valence-corrected chi connectivity index (χ2v) is 3.90. The van der Waals surface area contributed by atoms with Crippen molar-refractivity contribution in [3.05, 3.63) is 29.3 Å². The Morgan fingerprint density at radius 2 is 2.17 bits per heavy atom. The smallest absolute Gasteiger partial charge is 0.342 e. The van der Waals surface area contributed by atoms with Gasteiger partial charge in [-0.05, 0) is 37.1 Å². The van der Waals surface area contributed by atoms with Crippen molar-refractivity contribution in [3.63, 3.8) is 0 Å². The molecule has 100 valence electrons. The van der Waals surface area contributed by atoms with Crippen molar-refractivity contribution in [2.24, 2.45) is 5.73 Å². The van der Waals surface area contributed by atoms with Crippen molar-refractivity contribution < 1.29 is 18.7 Å². The van der Waals surface area contributed by atoms with Gasteiger partial charge >= 0.3 is 5.97 Å². The van der Waals surface area contributed by atoms with Gasteiger partial charge in [0.1, 0.15) is 5.75 Å². The molecule has 2 N–H and O–H groups in total. The lowest BCUT2D eigenvalue weighted by atomic mass is 9.98. The summed E-state index contributed by atoms with van der Waals surface area (Å²) in [6.45, 7) is 3.54. The number of hydrogen-bond donors (Lipinski definition) is 1. The number of halogens is 1. The number of carbonyl (C=O) groups excluding carboxylic acids is 1. The Labute approximate surface area is 106 Å². The number of benzene rings is 1. The van der Waals surface area contributed by atoms with Crippen molar-refractivity contribution in [2.75, 3.05) is 13.7 Å². The third-order valence-corrected chi connectivity index (χ3v) is 2.66. The van der Waals surface area contributed by atoms with Crippen LogP contribution < -0.4 is 10.5 Å². The summed E-state index contributed by atoms with van der Waals surface area (Å²) in [6.07, 6.45) is -1.86. The van der Waals surface area contributed by atoms with E-state index in [-0.39, 0.29) is 6.61 Å². The molecule has 0 aliphatic rings. The van der Waals surface area contributed by atoms with E-state index in [0.29, 0.717) is 11.3 Å². The average Bonchev–Trinajstić information content (AvgIpc) is 2.37. The Hall–Kier alpha value is -1.62. The van der Waals surface area contributed by atoms with Crippen LogP contribution in [0.1, 0.15) is 24.1 Å². The van der Waals surface area contributed by atoms with Crippen molar-refractivity contribution in [1.82, 2.24) is 0 Å². The molecule has 0 saturated carbocycles. The first kappa shape index (κ1) is 14.4. The van der Waals surface area contributed by atoms with E-state index in [1.54, 1.807) is 39.2 Å². The van der Waals surface area contributed by atoms with Crippen molar-refractivity contribution in [3.8, 4) is 5.75 Å². The molecular formula is C13H18FNO3. The fourth-order valence-corrected chi connectivity index (χ4v) is 1.68. The molecule has 1 aromatic carbocycles. The van der Waals surface area contributed by atoms with Gasteiger partial charge in [0.2, 0.25) is 6.17 Å². The van der Waals surface area contributed by atoms with E-state index in [9.17, 15) is 9.18 Å². The summed E-state index contributed by atoms with van der Waals surface area (Å²) in [5.74, 6) is -0.268. The van der Waals surface area contributed by atoms with Crippen LogP contribution in [0.2, 0.25) is 0 Å². The molecule has 0 spiro atoms. The standard InChI is InChI=1S/C13H18FNO3/c1-4-18-13(16)11(14)12(15)10-6-5-9(17-3)7-8(10)2/h5-7,11-12H,4,15H2,1-3H3/t11?,12-/m1/s1. The summed E-state index contributed by atoms with van der Waals surface area (Å²) < 4.78 is 23.5. The third kappa shape index (κ3) is 3.20. The SMILES string of the molecule is CCOC(=O)C(F)[C@H](N)c1ccc(OC)cc1C. The number of nitrogens with two attached hydrogens (primary N) is 1. The zero-order valence-corrected chi connectivity index (χ0v) is 10.8. The van der Waals surface area contributed by atoms with Gasteiger partial charge in [0.15, 0.2) is 0 Å². The molecule has 0 saturated heterocycles. The minimum atomic E-state index is -1.86. The quantitative estimate of drug-likeness (QED) is 0.816. The highest BCUT2D eigenvalue weighted by Gasteiger charge is 2.28. The monoisotopic (exact) mass is 255 g/mol. The third-order valence-electron chi connectivity index (χ3n) is 2.66. The fraction of sp³-hybridized carbons (Fsp3) is 0.462. The Bertz CT molecular complexity index is 423. The zero-order chi connectivity index (χ0) is 13.7. The molecule has 0 amide bonds. The number of rotatable bonds is 5. The molecule has 0 aromatic heterocycles. The normalized spacial score (nSPS) is 13.8. The summed E-state index contributed by atoms with van der Waals surface area (Å²) >= 11 is 0. The van der Waals surface area contributed by atoms with Crippen molar-refractivity contribution >= 4 is 5.97 Å². The molecule has 5 heteroatoms. The molecular weight excluding hydrogens is 237 g/mol. The number of methoxy groups -OCH3 is 1. The van der Waals surface area contributed by atoms with Crippen molar-refractivity contribution in [2.45, 2.75) is 26.1 Å². The van der Waals surface area contributed by atoms with Crippen LogP contribution in [0, 0.1) is 6.92 Å². The number of esters is 1. The van der Waals surface area contributed by atoms with Crippen LogP contribution in [-0.4, -0.2) is 25.9 Å². The maximum atomic E-state index is 13.8. The molecule has 0 heterocycles. The van der Waals surface area contributed by atoms with Gasteiger partial charge in [-0.15, -0.1) is 0 Å². The van der Waals surface area contributed by atoms with E-state index in [1.165, 1.54) is 0 Å². The second-order valence-electron chi connectivity index (χ2n) is 3.90. The van der Waals surface area contributed by atoms with Gasteiger partial charge in [0, 0.05) is 0 Å². The predicted octanol–water partition coefficient (Wildman–Crippen LogP) is 1.90. The lowest BCUT2D eigenvalue weighted by molar-refractivity contribution is -0.149. The van der Waals surface area contributed by atoms with Gasteiger partial charge in [-0.25, -0.2) is 9.18 Å². The Balaban J connectivity index is 2.89. The average molecular weight is 255 g/mol. The molecule has 0 aliphatic heterocycles. The van der Waals surface area contributed by atoms with Crippen LogP contribution in [0.5, 0.6) is 5.75 Å². The van der Waals surface area contributed by atoms with Gasteiger partial charge in [0.05, 0.1) is 19.8 Å². The molecule has 0 aliphatic carbocycles. The molecule has 18 heavy (non-hydrogen) atoms. The van der Waals surface area contributed by atoms with E-state index >= 15 is 0 Å². The lowest BCUT2D eigenvalue weighted by Crippen LogP contribution is -2.32. The molecule has 0 radical (unpaired) electrons. The zero-order valence-electron chi connectivity index (χ0n) is 10.8. The number of ether oxygens (including phenoxy) is 2. The summed E-state index contributed by atoms with van der Waals surface area (Å²) in [4.78, 5) is 11.3. The highest BCUT2D eigenvalue weighted by molar-refractivity contribution is 5.75. The summed E-state index contributed by atoms with van der Waals surface area (Å²) in [7, 11) is 1.55. The van der Waals surface area contributed by atoms with Crippen LogP contribution in [0.15, 0.2) is 18.2 Å². The number of carbonyl (C=O) groups is 1. The van der Waals surface area contributed by atoms with Crippen LogP contribution in [0.3, 0.4) is 0 Å². The van der Waals surface area contributed by atoms with E-state index in [4.69, 9.17) is 10.5 Å². The fourth-order valence-electron chi connectivity index (χ4n) is 1.68. The molecule has 0 bridgehead atoms. The Kier molecular flexibility index (Phi) is 5.09. The number of alkyl halides is 1. The summed E-state index contributed by atoms with van der Waals surface area (Å²) in [5.41, 5.74) is 7.08. The Morgan fingerprint density at radius 1 is 1.50 bits per heavy atom. The maximum Gasteiger partial charge on any atom is 0.342 e. The van der Waals surface area contributed by atoms with E-state index in [2.05, 4.69) is 4.74 Å². The number of hydrogen-bond acceptors (Lipinski definition) is 4. The summed E-state index contributed by atoms with van der Waals surface area (Å²) in [5, 5.41) is 0. The van der Waals surface area contributed by atoms with Crippen molar-refractivity contribution in [1.29, 1.82) is 0 Å². The first-order valence-electron chi connectivity index (χ1n) is 5.72. The lowest BCUT2D eigenvalue weighted by Gasteiger charge is -2.18. The maximum absolute atomic E-state index is 13.8. The van der Waals surface area contributed by atoms with Crippen LogP contribution in [-0.2, 0) is 9.53 Å². The minimum absolute atomic E-state index is 0.133.